The van der Waals surface area contributed by atoms with Crippen molar-refractivity contribution in [2.75, 3.05) is 0 Å². The molecular formula is C12H18N2O. The number of hydrogen-bond donors (Lipinski definition) is 0. The first kappa shape index (κ1) is 10.4. The maximum absolute atomic E-state index is 11.9. The van der Waals surface area contributed by atoms with Crippen LogP contribution < -0.4 is 0 Å². The summed E-state index contributed by atoms with van der Waals surface area (Å²) in [7, 11) is 0. The minimum absolute atomic E-state index is 0.229. The Bertz CT molecular complexity index is 352. The predicted octanol–water partition coefficient (Wildman–Crippen LogP) is 2.06. The second kappa shape index (κ2) is 4.17. The summed E-state index contributed by atoms with van der Waals surface area (Å²) in [6.07, 6.45) is 6.67. The van der Waals surface area contributed by atoms with Crippen molar-refractivity contribution in [3.05, 3.63) is 18.2 Å². The first-order chi connectivity index (χ1) is 7.22. The second-order valence-electron chi connectivity index (χ2n) is 4.40. The maximum atomic E-state index is 11.9. The van der Waals surface area contributed by atoms with E-state index in [2.05, 4.69) is 18.8 Å². The summed E-state index contributed by atoms with van der Waals surface area (Å²) >= 11 is 0. The molecule has 1 aliphatic rings. The monoisotopic (exact) mass is 206 g/mol. The number of nitrogens with zero attached hydrogens (tertiary/aromatic N) is 2. The van der Waals surface area contributed by atoms with Gasteiger partial charge in [-0.15, -0.1) is 0 Å². The number of carbonyl (C=O) groups excluding carboxylic acids is 1. The maximum Gasteiger partial charge on any atom is 0.143 e. The van der Waals surface area contributed by atoms with Gasteiger partial charge < -0.3 is 4.57 Å². The second-order valence-corrected chi connectivity index (χ2v) is 4.40. The summed E-state index contributed by atoms with van der Waals surface area (Å²) in [4.78, 5) is 16.1. The minimum Gasteiger partial charge on any atom is -0.335 e. The van der Waals surface area contributed by atoms with E-state index in [9.17, 15) is 4.79 Å². The molecule has 1 fully saturated rings. The summed E-state index contributed by atoms with van der Waals surface area (Å²) in [6, 6.07) is 0. The van der Waals surface area contributed by atoms with E-state index in [1.165, 1.54) is 12.8 Å². The van der Waals surface area contributed by atoms with E-state index in [1.54, 1.807) is 6.20 Å². The number of carbonyl (C=O) groups is 1. The fourth-order valence-corrected chi connectivity index (χ4v) is 1.97. The van der Waals surface area contributed by atoms with E-state index in [1.807, 2.05) is 10.8 Å². The molecule has 15 heavy (non-hydrogen) atoms. The molecule has 1 aromatic heterocycles. The average molecular weight is 206 g/mol. The highest BCUT2D eigenvalue weighted by Gasteiger charge is 2.32. The number of ketones is 1. The van der Waals surface area contributed by atoms with Crippen LogP contribution >= 0.6 is 0 Å². The lowest BCUT2D eigenvalue weighted by Gasteiger charge is -2.09. The van der Waals surface area contributed by atoms with Crippen LogP contribution in [0, 0.1) is 11.8 Å². The highest BCUT2D eigenvalue weighted by molar-refractivity contribution is 5.82. The Balaban J connectivity index is 1.98. The van der Waals surface area contributed by atoms with Gasteiger partial charge in [-0.2, -0.15) is 0 Å². The number of aryl methyl sites for hydroxylation is 1. The quantitative estimate of drug-likeness (QED) is 0.739. The van der Waals surface area contributed by atoms with E-state index in [4.69, 9.17) is 0 Å². The lowest BCUT2D eigenvalue weighted by atomic mass is 9.98. The van der Waals surface area contributed by atoms with Gasteiger partial charge in [-0.25, -0.2) is 4.98 Å². The molecule has 1 aliphatic carbocycles. The molecule has 3 nitrogen and oxygen atoms in total. The molecule has 82 valence electrons. The average Bonchev–Trinajstić information content (AvgIpc) is 2.99. The van der Waals surface area contributed by atoms with Crippen molar-refractivity contribution in [3.8, 4) is 0 Å². The number of aromatic nitrogens is 2. The topological polar surface area (TPSA) is 34.9 Å². The highest BCUT2D eigenvalue weighted by atomic mass is 16.1. The summed E-state index contributed by atoms with van der Waals surface area (Å²) in [5.41, 5.74) is 0. The van der Waals surface area contributed by atoms with Gasteiger partial charge in [0.2, 0.25) is 0 Å². The van der Waals surface area contributed by atoms with Gasteiger partial charge in [-0.1, -0.05) is 6.92 Å². The van der Waals surface area contributed by atoms with Crippen LogP contribution in [-0.2, 0) is 17.8 Å². The van der Waals surface area contributed by atoms with Gasteiger partial charge in [0.05, 0.1) is 6.42 Å². The van der Waals surface area contributed by atoms with Gasteiger partial charge in [-0.3, -0.25) is 4.79 Å². The number of rotatable bonds is 5. The Kier molecular flexibility index (Phi) is 2.89. The Morgan fingerprint density at radius 2 is 2.40 bits per heavy atom. The third-order valence-electron chi connectivity index (χ3n) is 3.31. The van der Waals surface area contributed by atoms with Gasteiger partial charge in [0.15, 0.2) is 0 Å². The van der Waals surface area contributed by atoms with E-state index in [-0.39, 0.29) is 5.92 Å². The standard InChI is InChI=1S/C12H18N2O/c1-3-14-7-6-13-12(14)8-11(15)9(2)10-4-5-10/h6-7,9-10H,3-5,8H2,1-2H3. The van der Waals surface area contributed by atoms with Crippen LogP contribution in [0.25, 0.3) is 0 Å². The zero-order valence-corrected chi connectivity index (χ0v) is 9.44. The molecular weight excluding hydrogens is 188 g/mol. The summed E-state index contributed by atoms with van der Waals surface area (Å²) < 4.78 is 2.04. The Morgan fingerprint density at radius 3 is 3.00 bits per heavy atom. The molecule has 1 atom stereocenters. The molecule has 1 unspecified atom stereocenters. The van der Waals surface area contributed by atoms with E-state index in [0.717, 1.165) is 12.4 Å². The van der Waals surface area contributed by atoms with E-state index < -0.39 is 0 Å². The number of imidazole rings is 1. The van der Waals surface area contributed by atoms with Crippen molar-refractivity contribution in [1.82, 2.24) is 9.55 Å². The van der Waals surface area contributed by atoms with Crippen LogP contribution in [-0.4, -0.2) is 15.3 Å². The van der Waals surface area contributed by atoms with Gasteiger partial charge in [0.1, 0.15) is 11.6 Å². The smallest absolute Gasteiger partial charge is 0.143 e. The molecule has 3 heteroatoms. The van der Waals surface area contributed by atoms with Gasteiger partial charge in [0, 0.05) is 24.9 Å². The molecule has 0 radical (unpaired) electrons. The zero-order valence-electron chi connectivity index (χ0n) is 9.44. The normalized spacial score (nSPS) is 17.7. The molecule has 0 saturated heterocycles. The largest absolute Gasteiger partial charge is 0.335 e. The van der Waals surface area contributed by atoms with Crippen molar-refractivity contribution in [3.63, 3.8) is 0 Å². The highest BCUT2D eigenvalue weighted by Crippen LogP contribution is 2.37. The van der Waals surface area contributed by atoms with Crippen LogP contribution in [0.5, 0.6) is 0 Å². The van der Waals surface area contributed by atoms with Crippen LogP contribution in [0.2, 0.25) is 0 Å². The molecule has 0 bridgehead atoms. The van der Waals surface area contributed by atoms with Crippen molar-refractivity contribution in [2.24, 2.45) is 11.8 Å². The molecule has 0 amide bonds. The van der Waals surface area contributed by atoms with Gasteiger partial charge >= 0.3 is 0 Å². The molecule has 1 aromatic rings. The zero-order chi connectivity index (χ0) is 10.8. The molecule has 1 saturated carbocycles. The van der Waals surface area contributed by atoms with E-state index >= 15 is 0 Å². The number of hydrogen-bond acceptors (Lipinski definition) is 2. The molecule has 0 N–H and O–H groups in total. The molecule has 2 rings (SSSR count). The molecule has 0 aromatic carbocycles. The molecule has 1 heterocycles. The first-order valence-electron chi connectivity index (χ1n) is 5.75. The predicted molar refractivity (Wildman–Crippen MR) is 58.5 cm³/mol. The first-order valence-corrected chi connectivity index (χ1v) is 5.75. The third kappa shape index (κ3) is 2.28. The molecule has 0 spiro atoms. The number of Topliss-reactive ketones (excluding diaryl/α,β-unsaturated/α-hetero) is 1. The van der Waals surface area contributed by atoms with Crippen molar-refractivity contribution in [2.45, 2.75) is 39.7 Å². The summed E-state index contributed by atoms with van der Waals surface area (Å²) in [5.74, 6) is 2.14. The van der Waals surface area contributed by atoms with Gasteiger partial charge in [-0.05, 0) is 25.7 Å². The fraction of sp³-hybridized carbons (Fsp3) is 0.667. The third-order valence-corrected chi connectivity index (χ3v) is 3.31. The van der Waals surface area contributed by atoms with Crippen molar-refractivity contribution in [1.29, 1.82) is 0 Å². The minimum atomic E-state index is 0.229. The molecule has 0 aliphatic heterocycles. The Labute approximate surface area is 90.5 Å². The van der Waals surface area contributed by atoms with E-state index in [0.29, 0.717) is 18.1 Å². The Hall–Kier alpha value is -1.12. The van der Waals surface area contributed by atoms with Gasteiger partial charge in [0.25, 0.3) is 0 Å². The lowest BCUT2D eigenvalue weighted by Crippen LogP contribution is -2.18. The fourth-order valence-electron chi connectivity index (χ4n) is 1.97. The van der Waals surface area contributed by atoms with Crippen LogP contribution in [0.1, 0.15) is 32.5 Å². The summed E-state index contributed by atoms with van der Waals surface area (Å²) in [6.45, 7) is 5.01. The van der Waals surface area contributed by atoms with Crippen LogP contribution in [0.4, 0.5) is 0 Å². The van der Waals surface area contributed by atoms with Crippen LogP contribution in [0.3, 0.4) is 0 Å². The Morgan fingerprint density at radius 1 is 1.67 bits per heavy atom. The SMILES string of the molecule is CCn1ccnc1CC(=O)C(C)C1CC1. The van der Waals surface area contributed by atoms with Crippen LogP contribution in [0.15, 0.2) is 12.4 Å². The van der Waals surface area contributed by atoms with Crippen molar-refractivity contribution < 1.29 is 4.79 Å². The summed E-state index contributed by atoms with van der Waals surface area (Å²) in [5, 5.41) is 0. The lowest BCUT2D eigenvalue weighted by molar-refractivity contribution is -0.122. The van der Waals surface area contributed by atoms with Crippen molar-refractivity contribution >= 4 is 5.78 Å².